The van der Waals surface area contributed by atoms with Gasteiger partial charge >= 0.3 is 0 Å². The molecule has 1 aromatic carbocycles. The lowest BCUT2D eigenvalue weighted by Gasteiger charge is -2.46. The first kappa shape index (κ1) is 17.2. The Labute approximate surface area is 158 Å². The molecule has 3 atom stereocenters. The first-order chi connectivity index (χ1) is 13.2. The maximum atomic E-state index is 13.1. The van der Waals surface area contributed by atoms with Crippen LogP contribution in [-0.4, -0.2) is 38.7 Å². The Bertz CT molecular complexity index is 846. The van der Waals surface area contributed by atoms with Gasteiger partial charge in [-0.1, -0.05) is 18.2 Å². The molecule has 1 spiro atoms. The summed E-state index contributed by atoms with van der Waals surface area (Å²) in [5.74, 6) is 0.362. The first-order valence-corrected chi connectivity index (χ1v) is 9.60. The number of carbonyl (C=O) groups is 1. The zero-order chi connectivity index (χ0) is 18.6. The molecule has 0 bridgehead atoms. The molecule has 0 radical (unpaired) electrons. The van der Waals surface area contributed by atoms with Gasteiger partial charge in [0, 0.05) is 24.5 Å². The monoisotopic (exact) mass is 368 g/mol. The molecule has 27 heavy (non-hydrogen) atoms. The predicted molar refractivity (Wildman–Crippen MR) is 99.1 cm³/mol. The Balaban J connectivity index is 1.56. The summed E-state index contributed by atoms with van der Waals surface area (Å²) in [6, 6.07) is 6.12. The molecule has 0 aromatic heterocycles. The number of hydrogen-bond donors (Lipinski definition) is 0. The van der Waals surface area contributed by atoms with Crippen LogP contribution in [0.15, 0.2) is 35.9 Å². The lowest BCUT2D eigenvalue weighted by Crippen LogP contribution is -2.52. The van der Waals surface area contributed by atoms with Crippen molar-refractivity contribution in [2.24, 2.45) is 17.8 Å². The second-order valence-electron chi connectivity index (χ2n) is 7.77. The number of ether oxygens (including phenoxy) is 4. The molecule has 4 aliphatic rings. The number of methoxy groups -OCH3 is 1. The summed E-state index contributed by atoms with van der Waals surface area (Å²) in [5.41, 5.74) is 4.51. The zero-order valence-electron chi connectivity index (χ0n) is 15.7. The van der Waals surface area contributed by atoms with E-state index in [2.05, 4.69) is 12.1 Å². The highest BCUT2D eigenvalue weighted by molar-refractivity contribution is 5.97. The van der Waals surface area contributed by atoms with Crippen molar-refractivity contribution in [1.82, 2.24) is 0 Å². The molecule has 1 saturated heterocycles. The van der Waals surface area contributed by atoms with E-state index in [1.807, 2.05) is 19.1 Å². The number of rotatable bonds is 3. The Morgan fingerprint density at radius 2 is 2.07 bits per heavy atom. The fraction of sp³-hybridized carbons (Fsp3) is 0.500. The Morgan fingerprint density at radius 1 is 1.26 bits per heavy atom. The molecule has 1 fully saturated rings. The number of fused-ring (bicyclic) bond motifs is 6. The molecular formula is C22H24O5. The standard InChI is InChI=1S/C22H24O5/c1-13-10-18(23)21-16-11-14-4-3-5-19(25-12-24-2)20(14)15(16)6-7-17(21)22(13)26-8-9-27-22/h3-6,10,16-17,21H,7-9,11-12H2,1-2H3/t16-,17+,21-/m1/s1. The number of allylic oxidation sites excluding steroid dienone is 3. The van der Waals surface area contributed by atoms with Gasteiger partial charge in [0.2, 0.25) is 0 Å². The van der Waals surface area contributed by atoms with Crippen LogP contribution in [-0.2, 0) is 25.4 Å². The number of benzene rings is 1. The maximum Gasteiger partial charge on any atom is 0.194 e. The van der Waals surface area contributed by atoms with Gasteiger partial charge in [-0.25, -0.2) is 0 Å². The first-order valence-electron chi connectivity index (χ1n) is 9.60. The number of carbonyl (C=O) groups excluding carboxylic acids is 1. The van der Waals surface area contributed by atoms with Gasteiger partial charge in [0.1, 0.15) is 5.75 Å². The summed E-state index contributed by atoms with van der Waals surface area (Å²) >= 11 is 0. The van der Waals surface area contributed by atoms with E-state index in [0.717, 1.165) is 29.7 Å². The molecule has 3 aliphatic carbocycles. The normalized spacial score (nSPS) is 30.4. The molecule has 0 N–H and O–H groups in total. The third-order valence-corrected chi connectivity index (χ3v) is 6.47. The quantitative estimate of drug-likeness (QED) is 0.768. The van der Waals surface area contributed by atoms with Crippen molar-refractivity contribution in [2.45, 2.75) is 25.6 Å². The Morgan fingerprint density at radius 3 is 2.85 bits per heavy atom. The minimum atomic E-state index is -0.731. The van der Waals surface area contributed by atoms with Crippen molar-refractivity contribution >= 4 is 11.4 Å². The fourth-order valence-corrected chi connectivity index (χ4v) is 5.46. The number of ketones is 1. The summed E-state index contributed by atoms with van der Waals surface area (Å²) in [5, 5.41) is 0. The van der Waals surface area contributed by atoms with E-state index in [1.54, 1.807) is 13.2 Å². The van der Waals surface area contributed by atoms with Gasteiger partial charge < -0.3 is 18.9 Å². The van der Waals surface area contributed by atoms with Crippen molar-refractivity contribution in [2.75, 3.05) is 27.1 Å². The van der Waals surface area contributed by atoms with Gasteiger partial charge in [-0.15, -0.1) is 0 Å². The third kappa shape index (κ3) is 2.38. The minimum Gasteiger partial charge on any atom is -0.467 e. The van der Waals surface area contributed by atoms with Crippen molar-refractivity contribution in [1.29, 1.82) is 0 Å². The molecule has 5 heteroatoms. The van der Waals surface area contributed by atoms with Crippen LogP contribution in [0.2, 0.25) is 0 Å². The van der Waals surface area contributed by atoms with E-state index in [9.17, 15) is 4.79 Å². The van der Waals surface area contributed by atoms with Crippen LogP contribution in [0.5, 0.6) is 5.75 Å². The lowest BCUT2D eigenvalue weighted by molar-refractivity contribution is -0.188. The average Bonchev–Trinajstić information content (AvgIpc) is 3.30. The zero-order valence-corrected chi connectivity index (χ0v) is 15.7. The predicted octanol–water partition coefficient (Wildman–Crippen LogP) is 3.13. The smallest absolute Gasteiger partial charge is 0.194 e. The molecule has 0 unspecified atom stereocenters. The summed E-state index contributed by atoms with van der Waals surface area (Å²) in [7, 11) is 1.62. The van der Waals surface area contributed by atoms with E-state index in [4.69, 9.17) is 18.9 Å². The second kappa shape index (κ2) is 6.30. The van der Waals surface area contributed by atoms with Crippen LogP contribution in [0.4, 0.5) is 0 Å². The van der Waals surface area contributed by atoms with Crippen LogP contribution in [0, 0.1) is 17.8 Å². The molecular weight excluding hydrogens is 344 g/mol. The third-order valence-electron chi connectivity index (χ3n) is 6.47. The van der Waals surface area contributed by atoms with Crippen LogP contribution >= 0.6 is 0 Å². The number of hydrogen-bond acceptors (Lipinski definition) is 5. The summed E-state index contributed by atoms with van der Waals surface area (Å²) < 4.78 is 23.1. The summed E-state index contributed by atoms with van der Waals surface area (Å²) in [6.07, 6.45) is 5.64. The van der Waals surface area contributed by atoms with Gasteiger partial charge in [0.25, 0.3) is 0 Å². The molecule has 1 aromatic rings. The SMILES string of the molecule is COCOc1cccc2c1C1=CC[C@H]3[C@H](C(=O)C=C(C)C34OCCO4)[C@@H]1C2. The largest absolute Gasteiger partial charge is 0.467 e. The Kier molecular flexibility index (Phi) is 4.00. The Hall–Kier alpha value is -1.95. The highest BCUT2D eigenvalue weighted by Crippen LogP contribution is 2.56. The molecule has 1 heterocycles. The van der Waals surface area contributed by atoms with E-state index in [-0.39, 0.29) is 30.3 Å². The van der Waals surface area contributed by atoms with Crippen LogP contribution < -0.4 is 4.74 Å². The van der Waals surface area contributed by atoms with Gasteiger partial charge in [-0.3, -0.25) is 4.79 Å². The van der Waals surface area contributed by atoms with E-state index < -0.39 is 5.79 Å². The molecule has 142 valence electrons. The van der Waals surface area contributed by atoms with Crippen molar-refractivity contribution in [3.05, 3.63) is 47.1 Å². The highest BCUT2D eigenvalue weighted by atomic mass is 16.7. The molecule has 0 saturated carbocycles. The van der Waals surface area contributed by atoms with Gasteiger partial charge in [0.05, 0.1) is 13.2 Å². The van der Waals surface area contributed by atoms with E-state index in [0.29, 0.717) is 13.2 Å². The minimum absolute atomic E-state index is 0.0314. The fourth-order valence-electron chi connectivity index (χ4n) is 5.46. The second-order valence-corrected chi connectivity index (χ2v) is 7.77. The topological polar surface area (TPSA) is 54.0 Å². The van der Waals surface area contributed by atoms with Gasteiger partial charge in [-0.05, 0) is 54.5 Å². The van der Waals surface area contributed by atoms with Crippen LogP contribution in [0.1, 0.15) is 24.5 Å². The molecule has 5 nitrogen and oxygen atoms in total. The molecule has 5 rings (SSSR count). The molecule has 1 aliphatic heterocycles. The lowest BCUT2D eigenvalue weighted by atomic mass is 9.63. The summed E-state index contributed by atoms with van der Waals surface area (Å²) in [6.45, 7) is 3.34. The van der Waals surface area contributed by atoms with E-state index >= 15 is 0 Å². The summed E-state index contributed by atoms with van der Waals surface area (Å²) in [4.78, 5) is 13.1. The molecule has 0 amide bonds. The van der Waals surface area contributed by atoms with Crippen molar-refractivity contribution in [3.8, 4) is 5.75 Å². The van der Waals surface area contributed by atoms with Crippen LogP contribution in [0.25, 0.3) is 5.57 Å². The average molecular weight is 368 g/mol. The van der Waals surface area contributed by atoms with Crippen molar-refractivity contribution < 1.29 is 23.7 Å². The van der Waals surface area contributed by atoms with E-state index in [1.165, 1.54) is 11.1 Å². The maximum absolute atomic E-state index is 13.1. The van der Waals surface area contributed by atoms with Gasteiger partial charge in [-0.2, -0.15) is 0 Å². The van der Waals surface area contributed by atoms with Crippen molar-refractivity contribution in [3.63, 3.8) is 0 Å². The van der Waals surface area contributed by atoms with Crippen LogP contribution in [0.3, 0.4) is 0 Å². The van der Waals surface area contributed by atoms with Gasteiger partial charge in [0.15, 0.2) is 18.4 Å². The highest BCUT2D eigenvalue weighted by Gasteiger charge is 2.57.